The predicted octanol–water partition coefficient (Wildman–Crippen LogP) is 4.40. The molecule has 0 atom stereocenters. The zero-order chi connectivity index (χ0) is 13.1. The summed E-state index contributed by atoms with van der Waals surface area (Å²) in [6.07, 6.45) is 2.68. The number of nitrogens with one attached hydrogen (secondary N) is 1. The molecule has 1 aliphatic carbocycles. The van der Waals surface area contributed by atoms with Gasteiger partial charge in [0.25, 0.3) is 0 Å². The van der Waals surface area contributed by atoms with E-state index in [4.69, 9.17) is 0 Å². The minimum Gasteiger partial charge on any atom is -0.310 e. The Bertz CT molecular complexity index is 561. The van der Waals surface area contributed by atoms with Crippen molar-refractivity contribution >= 4 is 11.8 Å². The van der Waals surface area contributed by atoms with Crippen molar-refractivity contribution in [1.82, 2.24) is 5.32 Å². The summed E-state index contributed by atoms with van der Waals surface area (Å²) in [5.41, 5.74) is 2.72. The van der Waals surface area contributed by atoms with E-state index in [1.807, 2.05) is 11.8 Å². The number of aryl methyl sites for hydroxylation is 1. The monoisotopic (exact) mass is 269 g/mol. The molecule has 1 nitrogen and oxygen atoms in total. The zero-order valence-electron chi connectivity index (χ0n) is 11.2. The van der Waals surface area contributed by atoms with Crippen molar-refractivity contribution in [2.75, 3.05) is 0 Å². The Morgan fingerprint density at radius 2 is 1.95 bits per heavy atom. The van der Waals surface area contributed by atoms with Gasteiger partial charge in [0, 0.05) is 22.4 Å². The maximum absolute atomic E-state index is 3.60. The predicted molar refractivity (Wildman–Crippen MR) is 81.6 cm³/mol. The fraction of sp³-hybridized carbons (Fsp3) is 0.294. The lowest BCUT2D eigenvalue weighted by atomic mass is 10.2. The van der Waals surface area contributed by atoms with Crippen LogP contribution in [-0.2, 0) is 6.54 Å². The van der Waals surface area contributed by atoms with E-state index in [0.717, 1.165) is 12.6 Å². The van der Waals surface area contributed by atoms with Crippen molar-refractivity contribution in [3.63, 3.8) is 0 Å². The second kappa shape index (κ2) is 5.81. The van der Waals surface area contributed by atoms with Gasteiger partial charge < -0.3 is 5.32 Å². The molecule has 3 rings (SSSR count). The van der Waals surface area contributed by atoms with Crippen LogP contribution < -0.4 is 5.32 Å². The molecule has 19 heavy (non-hydrogen) atoms. The molecule has 0 bridgehead atoms. The molecule has 1 fully saturated rings. The quantitative estimate of drug-likeness (QED) is 0.863. The van der Waals surface area contributed by atoms with Crippen LogP contribution in [0.5, 0.6) is 0 Å². The van der Waals surface area contributed by atoms with Gasteiger partial charge in [-0.25, -0.2) is 0 Å². The molecule has 2 aromatic rings. The van der Waals surface area contributed by atoms with Crippen LogP contribution in [0, 0.1) is 6.92 Å². The number of rotatable bonds is 5. The molecule has 0 spiro atoms. The van der Waals surface area contributed by atoms with Crippen LogP contribution in [0.15, 0.2) is 58.3 Å². The first-order valence-electron chi connectivity index (χ1n) is 6.87. The Morgan fingerprint density at radius 1 is 1.11 bits per heavy atom. The first kappa shape index (κ1) is 12.8. The Labute approximate surface area is 119 Å². The van der Waals surface area contributed by atoms with Gasteiger partial charge in [-0.2, -0.15) is 0 Å². The molecule has 1 aliphatic rings. The highest BCUT2D eigenvalue weighted by molar-refractivity contribution is 7.99. The topological polar surface area (TPSA) is 12.0 Å². The van der Waals surface area contributed by atoms with E-state index in [9.17, 15) is 0 Å². The minimum absolute atomic E-state index is 0.761. The van der Waals surface area contributed by atoms with Crippen molar-refractivity contribution in [3.05, 3.63) is 59.7 Å². The van der Waals surface area contributed by atoms with Gasteiger partial charge in [0.15, 0.2) is 0 Å². The normalized spacial score (nSPS) is 14.6. The first-order chi connectivity index (χ1) is 9.31. The van der Waals surface area contributed by atoms with Crippen molar-refractivity contribution in [1.29, 1.82) is 0 Å². The average molecular weight is 269 g/mol. The molecule has 0 amide bonds. The van der Waals surface area contributed by atoms with E-state index in [1.54, 1.807) is 0 Å². The van der Waals surface area contributed by atoms with Crippen LogP contribution in [-0.4, -0.2) is 6.04 Å². The standard InChI is InChI=1S/C17H19NS/c1-13-5-4-7-16(11-13)19-17-8-3-2-6-14(17)12-18-15-9-10-15/h2-8,11,15,18H,9-10,12H2,1H3. The maximum Gasteiger partial charge on any atom is 0.0219 e. The van der Waals surface area contributed by atoms with Gasteiger partial charge >= 0.3 is 0 Å². The van der Waals surface area contributed by atoms with Gasteiger partial charge in [-0.3, -0.25) is 0 Å². The maximum atomic E-state index is 3.60. The van der Waals surface area contributed by atoms with Crippen molar-refractivity contribution in [2.24, 2.45) is 0 Å². The summed E-state index contributed by atoms with van der Waals surface area (Å²) in [6, 6.07) is 18.2. The molecule has 0 radical (unpaired) electrons. The third-order valence-electron chi connectivity index (χ3n) is 3.35. The molecule has 0 aromatic heterocycles. The largest absolute Gasteiger partial charge is 0.310 e. The van der Waals surface area contributed by atoms with Crippen molar-refractivity contribution < 1.29 is 0 Å². The first-order valence-corrected chi connectivity index (χ1v) is 7.69. The molecule has 2 aromatic carbocycles. The molecular weight excluding hydrogens is 250 g/mol. The fourth-order valence-corrected chi connectivity index (χ4v) is 3.16. The summed E-state index contributed by atoms with van der Waals surface area (Å²) in [4.78, 5) is 2.68. The molecule has 0 saturated heterocycles. The Hall–Kier alpha value is -1.25. The Balaban J connectivity index is 1.75. The number of hydrogen-bond acceptors (Lipinski definition) is 2. The van der Waals surface area contributed by atoms with Gasteiger partial charge in [-0.1, -0.05) is 47.7 Å². The van der Waals surface area contributed by atoms with Gasteiger partial charge in [-0.05, 0) is 43.5 Å². The highest BCUT2D eigenvalue weighted by atomic mass is 32.2. The number of hydrogen-bond donors (Lipinski definition) is 1. The third kappa shape index (κ3) is 3.62. The molecule has 98 valence electrons. The van der Waals surface area contributed by atoms with Crippen LogP contribution >= 0.6 is 11.8 Å². The molecule has 1 N–H and O–H groups in total. The lowest BCUT2D eigenvalue weighted by Gasteiger charge is -2.10. The van der Waals surface area contributed by atoms with Crippen LogP contribution in [0.2, 0.25) is 0 Å². The highest BCUT2D eigenvalue weighted by Gasteiger charge is 2.20. The van der Waals surface area contributed by atoms with E-state index >= 15 is 0 Å². The lowest BCUT2D eigenvalue weighted by molar-refractivity contribution is 0.680. The summed E-state index contributed by atoms with van der Waals surface area (Å²) in [5.74, 6) is 0. The van der Waals surface area contributed by atoms with E-state index < -0.39 is 0 Å². The molecule has 2 heteroatoms. The van der Waals surface area contributed by atoms with Gasteiger partial charge in [0.1, 0.15) is 0 Å². The molecule has 0 aliphatic heterocycles. The second-order valence-corrected chi connectivity index (χ2v) is 6.30. The summed E-state index contributed by atoms with van der Waals surface area (Å²) in [7, 11) is 0. The number of benzene rings is 2. The smallest absolute Gasteiger partial charge is 0.0219 e. The summed E-state index contributed by atoms with van der Waals surface area (Å²) < 4.78 is 0. The molecule has 0 heterocycles. The van der Waals surface area contributed by atoms with Crippen LogP contribution in [0.4, 0.5) is 0 Å². The van der Waals surface area contributed by atoms with Gasteiger partial charge in [0.05, 0.1) is 0 Å². The van der Waals surface area contributed by atoms with E-state index in [2.05, 4.69) is 60.8 Å². The van der Waals surface area contributed by atoms with E-state index in [-0.39, 0.29) is 0 Å². The lowest BCUT2D eigenvalue weighted by Crippen LogP contribution is -2.15. The van der Waals surface area contributed by atoms with Crippen LogP contribution in [0.25, 0.3) is 0 Å². The fourth-order valence-electron chi connectivity index (χ4n) is 2.10. The Morgan fingerprint density at radius 3 is 2.74 bits per heavy atom. The highest BCUT2D eigenvalue weighted by Crippen LogP contribution is 2.31. The van der Waals surface area contributed by atoms with Crippen molar-refractivity contribution in [3.8, 4) is 0 Å². The average Bonchev–Trinajstić information content (AvgIpc) is 3.22. The third-order valence-corrected chi connectivity index (χ3v) is 4.46. The SMILES string of the molecule is Cc1cccc(Sc2ccccc2CNC2CC2)c1. The summed E-state index contributed by atoms with van der Waals surface area (Å²) in [5, 5.41) is 3.60. The van der Waals surface area contributed by atoms with Gasteiger partial charge in [0.2, 0.25) is 0 Å². The summed E-state index contributed by atoms with van der Waals surface area (Å²) >= 11 is 1.86. The minimum atomic E-state index is 0.761. The van der Waals surface area contributed by atoms with E-state index in [0.29, 0.717) is 0 Å². The molecule has 1 saturated carbocycles. The second-order valence-electron chi connectivity index (χ2n) is 5.18. The van der Waals surface area contributed by atoms with Crippen LogP contribution in [0.3, 0.4) is 0 Å². The van der Waals surface area contributed by atoms with Crippen molar-refractivity contribution in [2.45, 2.75) is 42.1 Å². The molecular formula is C17H19NS. The zero-order valence-corrected chi connectivity index (χ0v) is 12.0. The Kier molecular flexibility index (Phi) is 3.90. The van der Waals surface area contributed by atoms with Crippen LogP contribution in [0.1, 0.15) is 24.0 Å². The molecule has 0 unspecified atom stereocenters. The van der Waals surface area contributed by atoms with E-state index in [1.165, 1.54) is 33.8 Å². The van der Waals surface area contributed by atoms with Gasteiger partial charge in [-0.15, -0.1) is 0 Å². The summed E-state index contributed by atoms with van der Waals surface area (Å²) in [6.45, 7) is 3.13.